The molecule has 1 saturated heterocycles. The largest absolute Gasteiger partial charge is 0.305 e. The van der Waals surface area contributed by atoms with Gasteiger partial charge in [-0.1, -0.05) is 23.3 Å². The lowest BCUT2D eigenvalue weighted by Crippen LogP contribution is -2.40. The van der Waals surface area contributed by atoms with Crippen LogP contribution in [0.2, 0.25) is 0 Å². The van der Waals surface area contributed by atoms with Crippen LogP contribution in [0.5, 0.6) is 0 Å². The molecule has 0 N–H and O–H groups in total. The summed E-state index contributed by atoms with van der Waals surface area (Å²) in [5, 5.41) is 12.7. The lowest BCUT2D eigenvalue weighted by Gasteiger charge is -2.20. The van der Waals surface area contributed by atoms with Crippen molar-refractivity contribution < 1.29 is 18.1 Å². The van der Waals surface area contributed by atoms with E-state index in [4.69, 9.17) is 6.42 Å². The van der Waals surface area contributed by atoms with Crippen molar-refractivity contribution in [1.29, 1.82) is 0 Å². The van der Waals surface area contributed by atoms with E-state index in [1.165, 1.54) is 22.5 Å². The van der Waals surface area contributed by atoms with Crippen LogP contribution < -0.4 is 4.80 Å². The fourth-order valence-electron chi connectivity index (χ4n) is 3.47. The zero-order valence-corrected chi connectivity index (χ0v) is 18.5. The molecule has 1 aliphatic rings. The van der Waals surface area contributed by atoms with Gasteiger partial charge in [0, 0.05) is 18.7 Å². The minimum Gasteiger partial charge on any atom is -0.305 e. The molecular weight excluding hydrogens is 460 g/mol. The number of carbonyl (C=O) groups is 1. The number of terminal acetylenes is 1. The predicted molar refractivity (Wildman–Crippen MR) is 117 cm³/mol. The summed E-state index contributed by atoms with van der Waals surface area (Å²) in [5.74, 6) is 1.91. The van der Waals surface area contributed by atoms with Crippen LogP contribution in [-0.4, -0.2) is 40.7 Å². The second kappa shape index (κ2) is 8.35. The summed E-state index contributed by atoms with van der Waals surface area (Å²) in [6.45, 7) is 0.362. The number of hydrogen-bond acceptors (Lipinski definition) is 7. The van der Waals surface area contributed by atoms with Gasteiger partial charge >= 0.3 is 0 Å². The third-order valence-electron chi connectivity index (χ3n) is 4.88. The van der Waals surface area contributed by atoms with E-state index >= 15 is 0 Å². The molecule has 2 aromatic heterocycles. The Balaban J connectivity index is 1.75. The highest BCUT2D eigenvalue weighted by molar-refractivity contribution is 7.91. The fraction of sp³-hybridized carbons (Fsp3) is 0.263. The number of nitrogens with zero attached hydrogens (tertiary/aromatic N) is 4. The molecular formula is C19H16N4O5S3. The van der Waals surface area contributed by atoms with Crippen LogP contribution in [0.1, 0.15) is 12.8 Å². The smallest absolute Gasteiger partial charge is 0.270 e. The molecule has 1 amide bonds. The highest BCUT2D eigenvalue weighted by Crippen LogP contribution is 2.29. The van der Waals surface area contributed by atoms with Crippen LogP contribution in [0.25, 0.3) is 10.2 Å². The van der Waals surface area contributed by atoms with Crippen molar-refractivity contribution in [1.82, 2.24) is 8.87 Å². The Morgan fingerprint density at radius 2 is 2.19 bits per heavy atom. The van der Waals surface area contributed by atoms with Crippen LogP contribution >= 0.6 is 22.7 Å². The summed E-state index contributed by atoms with van der Waals surface area (Å²) >= 11 is 2.20. The molecule has 160 valence electrons. The summed E-state index contributed by atoms with van der Waals surface area (Å²) < 4.78 is 29.4. The number of rotatable bonds is 5. The SMILES string of the molecule is C#CCn1c(=NC(=O)C2CCCN2S(=O)(=O)c2cccs2)sc2cc([N+](=O)[O-])ccc21. The Morgan fingerprint density at radius 1 is 1.39 bits per heavy atom. The van der Waals surface area contributed by atoms with Gasteiger partial charge in [0.05, 0.1) is 21.7 Å². The second-order valence-electron chi connectivity index (χ2n) is 6.74. The molecule has 0 saturated carbocycles. The maximum Gasteiger partial charge on any atom is 0.270 e. The summed E-state index contributed by atoms with van der Waals surface area (Å²) in [6.07, 6.45) is 6.39. The highest BCUT2D eigenvalue weighted by Gasteiger charge is 2.40. The number of thiophene rings is 1. The van der Waals surface area contributed by atoms with Crippen LogP contribution in [0.15, 0.2) is 44.9 Å². The van der Waals surface area contributed by atoms with Crippen molar-refractivity contribution in [2.75, 3.05) is 6.54 Å². The fourth-order valence-corrected chi connectivity index (χ4v) is 7.31. The first-order valence-electron chi connectivity index (χ1n) is 9.18. The van der Waals surface area contributed by atoms with Crippen molar-refractivity contribution in [2.45, 2.75) is 29.6 Å². The topological polar surface area (TPSA) is 115 Å². The monoisotopic (exact) mass is 476 g/mol. The standard InChI is InChI=1S/C19H16N4O5S3/c1-2-9-21-14-8-7-13(23(25)26)12-16(14)30-19(21)20-18(24)15-5-3-10-22(15)31(27,28)17-6-4-11-29-17/h1,4,6-8,11-12,15H,3,5,9-10H2. The van der Waals surface area contributed by atoms with E-state index in [9.17, 15) is 23.3 Å². The van der Waals surface area contributed by atoms with Gasteiger partial charge in [-0.2, -0.15) is 9.30 Å². The molecule has 31 heavy (non-hydrogen) atoms. The van der Waals surface area contributed by atoms with Gasteiger partial charge < -0.3 is 4.57 Å². The molecule has 3 aromatic rings. The number of sulfonamides is 1. The molecule has 0 radical (unpaired) electrons. The number of fused-ring (bicyclic) bond motifs is 1. The Labute approximate surface area is 185 Å². The highest BCUT2D eigenvalue weighted by atomic mass is 32.2. The average molecular weight is 477 g/mol. The van der Waals surface area contributed by atoms with E-state index in [2.05, 4.69) is 10.9 Å². The van der Waals surface area contributed by atoms with E-state index in [1.54, 1.807) is 22.1 Å². The van der Waals surface area contributed by atoms with E-state index in [0.717, 1.165) is 22.7 Å². The van der Waals surface area contributed by atoms with Crippen LogP contribution in [0.3, 0.4) is 0 Å². The summed E-state index contributed by atoms with van der Waals surface area (Å²) in [6, 6.07) is 6.59. The van der Waals surface area contributed by atoms with Gasteiger partial charge in [-0.15, -0.1) is 17.8 Å². The number of nitro benzene ring substituents is 1. The first kappa shape index (κ1) is 21.4. The molecule has 4 rings (SSSR count). The Morgan fingerprint density at radius 3 is 2.87 bits per heavy atom. The van der Waals surface area contributed by atoms with E-state index in [0.29, 0.717) is 23.1 Å². The first-order chi connectivity index (χ1) is 14.8. The van der Waals surface area contributed by atoms with Crippen molar-refractivity contribution >= 4 is 54.5 Å². The van der Waals surface area contributed by atoms with Crippen LogP contribution in [-0.2, 0) is 21.4 Å². The lowest BCUT2D eigenvalue weighted by molar-refractivity contribution is -0.384. The number of carbonyl (C=O) groups excluding carboxylic acids is 1. The summed E-state index contributed by atoms with van der Waals surface area (Å²) in [5.41, 5.74) is 0.540. The first-order valence-corrected chi connectivity index (χ1v) is 12.3. The van der Waals surface area contributed by atoms with Crippen molar-refractivity contribution in [3.8, 4) is 12.3 Å². The lowest BCUT2D eigenvalue weighted by atomic mass is 10.2. The molecule has 9 nitrogen and oxygen atoms in total. The summed E-state index contributed by atoms with van der Waals surface area (Å²) in [4.78, 5) is 28.1. The van der Waals surface area contributed by atoms with Gasteiger partial charge in [0.1, 0.15) is 10.3 Å². The molecule has 3 heterocycles. The van der Waals surface area contributed by atoms with Crippen molar-refractivity contribution in [3.63, 3.8) is 0 Å². The normalized spacial score (nSPS) is 17.8. The van der Waals surface area contributed by atoms with Gasteiger partial charge in [0.2, 0.25) is 0 Å². The average Bonchev–Trinajstić information content (AvgIpc) is 3.48. The van der Waals surface area contributed by atoms with Crippen molar-refractivity contribution in [2.24, 2.45) is 4.99 Å². The van der Waals surface area contributed by atoms with E-state index < -0.39 is 26.9 Å². The maximum atomic E-state index is 13.0. The number of aromatic nitrogens is 1. The number of non-ortho nitro benzene ring substituents is 1. The molecule has 1 fully saturated rings. The quantitative estimate of drug-likeness (QED) is 0.319. The van der Waals surface area contributed by atoms with E-state index in [-0.39, 0.29) is 27.8 Å². The minimum atomic E-state index is -3.78. The zero-order valence-electron chi connectivity index (χ0n) is 16.0. The number of hydrogen-bond donors (Lipinski definition) is 0. The summed E-state index contributed by atoms with van der Waals surface area (Å²) in [7, 11) is -3.78. The Hall–Kier alpha value is -2.85. The maximum absolute atomic E-state index is 13.0. The molecule has 1 aromatic carbocycles. The third-order valence-corrected chi connectivity index (χ3v) is 9.20. The molecule has 0 bridgehead atoms. The molecule has 0 aliphatic carbocycles. The van der Waals surface area contributed by atoms with Crippen LogP contribution in [0.4, 0.5) is 5.69 Å². The minimum absolute atomic E-state index is 0.0801. The van der Waals surface area contributed by atoms with Crippen molar-refractivity contribution in [3.05, 3.63) is 50.6 Å². The molecule has 1 aliphatic heterocycles. The van der Waals surface area contributed by atoms with E-state index in [1.807, 2.05) is 0 Å². The third kappa shape index (κ3) is 3.92. The Bertz CT molecular complexity index is 1380. The number of benzene rings is 1. The zero-order chi connectivity index (χ0) is 22.2. The van der Waals surface area contributed by atoms with Gasteiger partial charge in [0.15, 0.2) is 4.80 Å². The number of amides is 1. The molecule has 0 spiro atoms. The van der Waals surface area contributed by atoms with Gasteiger partial charge in [0.25, 0.3) is 21.6 Å². The van der Waals surface area contributed by atoms with Gasteiger partial charge in [-0.3, -0.25) is 14.9 Å². The second-order valence-corrected chi connectivity index (χ2v) is 10.8. The molecule has 1 unspecified atom stereocenters. The number of nitro groups is 1. The predicted octanol–water partition coefficient (Wildman–Crippen LogP) is 2.59. The Kier molecular flexibility index (Phi) is 5.76. The molecule has 12 heteroatoms. The van der Waals surface area contributed by atoms with Crippen LogP contribution in [0, 0.1) is 22.5 Å². The number of thiazole rings is 1. The van der Waals surface area contributed by atoms with Gasteiger partial charge in [-0.05, 0) is 30.4 Å². The molecule has 1 atom stereocenters. The van der Waals surface area contributed by atoms with Gasteiger partial charge in [-0.25, -0.2) is 8.42 Å².